The van der Waals surface area contributed by atoms with E-state index in [1.54, 1.807) is 0 Å². The largest absolute Gasteiger partial charge is 0.370 e. The van der Waals surface area contributed by atoms with Gasteiger partial charge in [-0.1, -0.05) is 30.3 Å². The molecule has 1 aliphatic carbocycles. The van der Waals surface area contributed by atoms with Crippen molar-refractivity contribution in [2.45, 2.75) is 31.3 Å². The molecule has 3 heteroatoms. The van der Waals surface area contributed by atoms with Crippen molar-refractivity contribution in [1.29, 1.82) is 0 Å². The third-order valence-electron chi connectivity index (χ3n) is 3.64. The van der Waals surface area contributed by atoms with Gasteiger partial charge in [0, 0.05) is 6.04 Å². The molecule has 16 heavy (non-hydrogen) atoms. The third kappa shape index (κ3) is 1.31. The zero-order valence-corrected chi connectivity index (χ0v) is 9.56. The van der Waals surface area contributed by atoms with Gasteiger partial charge in [0.05, 0.1) is 12.1 Å². The summed E-state index contributed by atoms with van der Waals surface area (Å²) in [6, 6.07) is 11.2. The van der Waals surface area contributed by atoms with E-state index in [0.29, 0.717) is 12.0 Å². The quantitative estimate of drug-likeness (QED) is 0.815. The summed E-state index contributed by atoms with van der Waals surface area (Å²) in [6.45, 7) is 3.02. The van der Waals surface area contributed by atoms with Gasteiger partial charge >= 0.3 is 0 Å². The minimum atomic E-state index is -0.0352. The molecule has 1 fully saturated rings. The number of nitrogens with zero attached hydrogens (tertiary/aromatic N) is 2. The Bertz CT molecular complexity index is 422. The van der Waals surface area contributed by atoms with Crippen molar-refractivity contribution >= 4 is 5.96 Å². The first-order chi connectivity index (χ1) is 7.72. The Labute approximate surface area is 96.0 Å². The lowest BCUT2D eigenvalue weighted by Crippen LogP contribution is -2.48. The molecule has 0 saturated heterocycles. The number of benzene rings is 1. The summed E-state index contributed by atoms with van der Waals surface area (Å²) in [7, 11) is 0. The molecule has 0 aromatic heterocycles. The number of aliphatic imine (C=N–C) groups is 1. The molecule has 0 bridgehead atoms. The van der Waals surface area contributed by atoms with Crippen LogP contribution in [-0.4, -0.2) is 23.4 Å². The summed E-state index contributed by atoms with van der Waals surface area (Å²) in [5.41, 5.74) is 7.28. The van der Waals surface area contributed by atoms with Gasteiger partial charge in [-0.2, -0.15) is 0 Å². The number of guanidine groups is 1. The van der Waals surface area contributed by atoms with Gasteiger partial charge in [-0.25, -0.2) is 0 Å². The lowest BCUT2D eigenvalue weighted by Gasteiger charge is -2.37. The number of nitrogens with two attached hydrogens (primary N) is 1. The normalized spacial score (nSPS) is 29.3. The number of hydrogen-bond acceptors (Lipinski definition) is 3. The minimum Gasteiger partial charge on any atom is -0.370 e. The van der Waals surface area contributed by atoms with E-state index in [9.17, 15) is 0 Å². The summed E-state index contributed by atoms with van der Waals surface area (Å²) in [6.07, 6.45) is 2.50. The van der Waals surface area contributed by atoms with Gasteiger partial charge in [-0.3, -0.25) is 4.99 Å². The van der Waals surface area contributed by atoms with Gasteiger partial charge in [-0.05, 0) is 25.3 Å². The van der Waals surface area contributed by atoms with Gasteiger partial charge in [0.2, 0.25) is 0 Å². The van der Waals surface area contributed by atoms with Crippen LogP contribution in [0, 0.1) is 0 Å². The maximum Gasteiger partial charge on any atom is 0.192 e. The Balaban J connectivity index is 1.99. The number of rotatable bonds is 2. The Hall–Kier alpha value is -1.51. The zero-order chi connectivity index (χ0) is 11.2. The first-order valence-corrected chi connectivity index (χ1v) is 5.86. The van der Waals surface area contributed by atoms with Crippen LogP contribution >= 0.6 is 0 Å². The maximum atomic E-state index is 6.01. The van der Waals surface area contributed by atoms with Crippen molar-refractivity contribution in [1.82, 2.24) is 4.90 Å². The third-order valence-corrected chi connectivity index (χ3v) is 3.64. The fourth-order valence-corrected chi connectivity index (χ4v) is 2.59. The molecule has 0 amide bonds. The standard InChI is InChI=1S/C13H17N3/c1-13(10-5-3-2-4-6-10)9-15-12(14)16(13)11-7-8-11/h2-6,11H,7-9H2,1H3,(H2,14,15). The molecule has 2 aliphatic rings. The van der Waals surface area contributed by atoms with Gasteiger partial charge in [0.1, 0.15) is 0 Å². The molecule has 1 heterocycles. The van der Waals surface area contributed by atoms with Crippen LogP contribution in [0.25, 0.3) is 0 Å². The van der Waals surface area contributed by atoms with E-state index in [1.165, 1.54) is 18.4 Å². The average molecular weight is 215 g/mol. The molecule has 0 spiro atoms. The maximum absolute atomic E-state index is 6.01. The van der Waals surface area contributed by atoms with Crippen molar-refractivity contribution in [2.75, 3.05) is 6.54 Å². The Morgan fingerprint density at radius 1 is 1.31 bits per heavy atom. The van der Waals surface area contributed by atoms with Crippen molar-refractivity contribution in [2.24, 2.45) is 10.7 Å². The van der Waals surface area contributed by atoms with Crippen LogP contribution < -0.4 is 5.73 Å². The zero-order valence-electron chi connectivity index (χ0n) is 9.56. The molecule has 1 saturated carbocycles. The Morgan fingerprint density at radius 2 is 2.00 bits per heavy atom. The first-order valence-electron chi connectivity index (χ1n) is 5.86. The van der Waals surface area contributed by atoms with Crippen molar-refractivity contribution in [3.8, 4) is 0 Å². The van der Waals surface area contributed by atoms with E-state index in [2.05, 4.69) is 41.1 Å². The van der Waals surface area contributed by atoms with Crippen LogP contribution in [0.5, 0.6) is 0 Å². The lowest BCUT2D eigenvalue weighted by molar-refractivity contribution is 0.216. The molecule has 2 N–H and O–H groups in total. The lowest BCUT2D eigenvalue weighted by atomic mass is 9.91. The van der Waals surface area contributed by atoms with Crippen LogP contribution in [0.15, 0.2) is 35.3 Å². The van der Waals surface area contributed by atoms with Crippen molar-refractivity contribution in [3.63, 3.8) is 0 Å². The SMILES string of the molecule is CC1(c2ccccc2)CN=C(N)N1C1CC1. The highest BCUT2D eigenvalue weighted by Crippen LogP contribution is 2.40. The first kappa shape index (κ1) is 9.70. The predicted octanol–water partition coefficient (Wildman–Crippen LogP) is 1.69. The molecule has 3 nitrogen and oxygen atoms in total. The van der Waals surface area contributed by atoms with Gasteiger partial charge < -0.3 is 10.6 Å². The topological polar surface area (TPSA) is 41.6 Å². The van der Waals surface area contributed by atoms with Gasteiger partial charge in [0.25, 0.3) is 0 Å². The van der Waals surface area contributed by atoms with E-state index < -0.39 is 0 Å². The molecular formula is C13H17N3. The summed E-state index contributed by atoms with van der Waals surface area (Å²) in [5.74, 6) is 0.717. The fourth-order valence-electron chi connectivity index (χ4n) is 2.59. The number of hydrogen-bond donors (Lipinski definition) is 1. The molecule has 1 aromatic rings. The Morgan fingerprint density at radius 3 is 2.62 bits per heavy atom. The summed E-state index contributed by atoms with van der Waals surface area (Å²) >= 11 is 0. The van der Waals surface area contributed by atoms with E-state index in [-0.39, 0.29) is 5.54 Å². The molecule has 0 radical (unpaired) electrons. The van der Waals surface area contributed by atoms with E-state index in [0.717, 1.165) is 6.54 Å². The average Bonchev–Trinajstić information content (AvgIpc) is 3.08. The molecule has 1 atom stereocenters. The monoisotopic (exact) mass is 215 g/mol. The van der Waals surface area contributed by atoms with E-state index in [1.807, 2.05) is 6.07 Å². The highest BCUT2D eigenvalue weighted by molar-refractivity contribution is 5.82. The summed E-state index contributed by atoms with van der Waals surface area (Å²) < 4.78 is 0. The van der Waals surface area contributed by atoms with Gasteiger partial charge in [0.15, 0.2) is 5.96 Å². The molecular weight excluding hydrogens is 198 g/mol. The second kappa shape index (κ2) is 3.24. The highest BCUT2D eigenvalue weighted by atomic mass is 15.4. The molecule has 84 valence electrons. The molecule has 1 aromatic carbocycles. The van der Waals surface area contributed by atoms with E-state index in [4.69, 9.17) is 5.73 Å². The molecule has 3 rings (SSSR count). The minimum absolute atomic E-state index is 0.0352. The van der Waals surface area contributed by atoms with Gasteiger partial charge in [-0.15, -0.1) is 0 Å². The second-order valence-corrected chi connectivity index (χ2v) is 4.92. The molecule has 1 aliphatic heterocycles. The van der Waals surface area contributed by atoms with Crippen LogP contribution in [0.4, 0.5) is 0 Å². The van der Waals surface area contributed by atoms with Crippen LogP contribution in [0.1, 0.15) is 25.3 Å². The van der Waals surface area contributed by atoms with Crippen LogP contribution in [0.2, 0.25) is 0 Å². The summed E-state index contributed by atoms with van der Waals surface area (Å²) in [4.78, 5) is 6.74. The van der Waals surface area contributed by atoms with Crippen molar-refractivity contribution < 1.29 is 0 Å². The summed E-state index contributed by atoms with van der Waals surface area (Å²) in [5, 5.41) is 0. The predicted molar refractivity (Wildman–Crippen MR) is 65.1 cm³/mol. The van der Waals surface area contributed by atoms with Crippen LogP contribution in [-0.2, 0) is 5.54 Å². The van der Waals surface area contributed by atoms with Crippen LogP contribution in [0.3, 0.4) is 0 Å². The Kier molecular flexibility index (Phi) is 1.96. The second-order valence-electron chi connectivity index (χ2n) is 4.92. The van der Waals surface area contributed by atoms with E-state index >= 15 is 0 Å². The molecule has 1 unspecified atom stereocenters. The fraction of sp³-hybridized carbons (Fsp3) is 0.462. The highest BCUT2D eigenvalue weighted by Gasteiger charge is 2.46. The smallest absolute Gasteiger partial charge is 0.192 e. The van der Waals surface area contributed by atoms with Crippen molar-refractivity contribution in [3.05, 3.63) is 35.9 Å².